The van der Waals surface area contributed by atoms with Gasteiger partial charge in [-0.2, -0.15) is 0 Å². The lowest BCUT2D eigenvalue weighted by atomic mass is 10.5. The number of hydrogen-bond donors (Lipinski definition) is 1. The average Bonchev–Trinajstić information content (AvgIpc) is 1.83. The van der Waals surface area contributed by atoms with Crippen molar-refractivity contribution in [1.82, 2.24) is 0 Å². The van der Waals surface area contributed by atoms with E-state index in [4.69, 9.17) is 5.73 Å². The van der Waals surface area contributed by atoms with Gasteiger partial charge in [0.05, 0.1) is 7.11 Å². The molecule has 0 aliphatic rings. The topological polar surface area (TPSA) is 52.3 Å². The number of rotatable bonds is 4. The van der Waals surface area contributed by atoms with E-state index in [2.05, 4.69) is 4.43 Å². The van der Waals surface area contributed by atoms with Crippen LogP contribution in [0.25, 0.3) is 0 Å². The molecule has 0 rings (SSSR count). The summed E-state index contributed by atoms with van der Waals surface area (Å²) >= 11 is 0. The first-order valence-electron chi connectivity index (χ1n) is 2.58. The van der Waals surface area contributed by atoms with Gasteiger partial charge in [0.25, 0.3) is 0 Å². The van der Waals surface area contributed by atoms with Crippen molar-refractivity contribution in [3.63, 3.8) is 0 Å². The Bertz CT molecular complexity index is 76.4. The molecule has 0 spiro atoms. The molecule has 0 unspecified atom stereocenters. The van der Waals surface area contributed by atoms with Crippen LogP contribution in [0.3, 0.4) is 0 Å². The minimum Gasteiger partial charge on any atom is -0.527 e. The summed E-state index contributed by atoms with van der Waals surface area (Å²) in [6, 6.07) is 0.623. The molecule has 0 aromatic rings. The summed E-state index contributed by atoms with van der Waals surface area (Å²) in [5.74, 6) is 0. The van der Waals surface area contributed by atoms with E-state index in [0.717, 1.165) is 6.42 Å². The molecule has 3 nitrogen and oxygen atoms in total. The first-order chi connectivity index (χ1) is 3.81. The summed E-state index contributed by atoms with van der Waals surface area (Å²) in [5.41, 5.74) is 5.15. The van der Waals surface area contributed by atoms with Crippen LogP contribution in [0.15, 0.2) is 0 Å². The minimum absolute atomic E-state index is 0.597. The van der Waals surface area contributed by atoms with E-state index in [0.29, 0.717) is 12.6 Å². The van der Waals surface area contributed by atoms with Gasteiger partial charge in [0.15, 0.2) is 0 Å². The highest BCUT2D eigenvalue weighted by Gasteiger charge is 2.01. The van der Waals surface area contributed by atoms with E-state index in [1.54, 1.807) is 0 Å². The molecule has 0 saturated carbocycles. The maximum atomic E-state index is 10.5. The molecular weight excluding hydrogens is 122 g/mol. The zero-order chi connectivity index (χ0) is 6.41. The lowest BCUT2D eigenvalue weighted by Gasteiger charge is -1.91. The van der Waals surface area contributed by atoms with Gasteiger partial charge in [0, 0.05) is 6.04 Å². The monoisotopic (exact) mass is 133 g/mol. The molecule has 0 aliphatic carbocycles. The first kappa shape index (κ1) is 7.78. The van der Waals surface area contributed by atoms with Crippen molar-refractivity contribution in [3.8, 4) is 0 Å². The smallest absolute Gasteiger partial charge is 0.502 e. The normalized spacial score (nSPS) is 8.75. The van der Waals surface area contributed by atoms with Crippen molar-refractivity contribution in [2.75, 3.05) is 13.7 Å². The fourth-order valence-electron chi connectivity index (χ4n) is 0.348. The van der Waals surface area contributed by atoms with Crippen LogP contribution in [0.2, 0.25) is 6.04 Å². The molecule has 2 N–H and O–H groups in total. The summed E-state index contributed by atoms with van der Waals surface area (Å²) in [6.07, 6.45) is 0.797. The van der Waals surface area contributed by atoms with E-state index in [-0.39, 0.29) is 0 Å². The second kappa shape index (κ2) is 4.92. The fourth-order valence-corrected chi connectivity index (χ4v) is 1.05. The van der Waals surface area contributed by atoms with Crippen molar-refractivity contribution in [2.45, 2.75) is 12.5 Å². The highest BCUT2D eigenvalue weighted by molar-refractivity contribution is 6.34. The molecule has 0 amide bonds. The van der Waals surface area contributed by atoms with Gasteiger partial charge >= 0.3 is 8.93 Å². The summed E-state index contributed by atoms with van der Waals surface area (Å²) in [4.78, 5) is 0. The molecule has 0 aromatic heterocycles. The Morgan fingerprint density at radius 1 is 1.75 bits per heavy atom. The van der Waals surface area contributed by atoms with Gasteiger partial charge in [0.2, 0.25) is 0 Å². The van der Waals surface area contributed by atoms with Gasteiger partial charge in [-0.15, -0.1) is 0 Å². The second-order valence-electron chi connectivity index (χ2n) is 1.47. The third-order valence-electron chi connectivity index (χ3n) is 0.813. The summed E-state index contributed by atoms with van der Waals surface area (Å²) in [7, 11) is -0.265. The lowest BCUT2D eigenvalue weighted by Crippen LogP contribution is -2.06. The molecule has 0 fully saturated rings. The Morgan fingerprint density at radius 3 is 2.75 bits per heavy atom. The van der Waals surface area contributed by atoms with E-state index >= 15 is 0 Å². The molecule has 0 bridgehead atoms. The maximum absolute atomic E-state index is 10.5. The molecule has 0 atom stereocenters. The van der Waals surface area contributed by atoms with E-state index in [9.17, 15) is 4.46 Å². The van der Waals surface area contributed by atoms with Crippen LogP contribution in [0.4, 0.5) is 0 Å². The quantitative estimate of drug-likeness (QED) is 0.545. The van der Waals surface area contributed by atoms with Crippen LogP contribution in [0.5, 0.6) is 0 Å². The average molecular weight is 133 g/mol. The molecule has 0 aromatic carbocycles. The molecule has 0 saturated heterocycles. The second-order valence-corrected chi connectivity index (χ2v) is 3.12. The Labute approximate surface area is 50.6 Å². The van der Waals surface area contributed by atoms with Gasteiger partial charge in [-0.05, 0) is 13.0 Å². The number of nitrogens with two attached hydrogens (primary N) is 1. The molecule has 8 heavy (non-hydrogen) atoms. The minimum atomic E-state index is -1.72. The van der Waals surface area contributed by atoms with Crippen LogP contribution in [-0.4, -0.2) is 22.6 Å². The van der Waals surface area contributed by atoms with Crippen molar-refractivity contribution < 1.29 is 8.89 Å². The summed E-state index contributed by atoms with van der Waals surface area (Å²) in [5, 5.41) is 0. The highest BCUT2D eigenvalue weighted by Crippen LogP contribution is 1.87. The van der Waals surface area contributed by atoms with Crippen molar-refractivity contribution >= 4 is 8.93 Å². The summed E-state index contributed by atoms with van der Waals surface area (Å²) in [6.45, 7) is 0.597. The van der Waals surface area contributed by atoms with Gasteiger partial charge in [-0.3, -0.25) is 0 Å². The van der Waals surface area contributed by atoms with E-state index < -0.39 is 8.93 Å². The Hall–Kier alpha value is -0.223. The standard InChI is InChI=1S/C4H11NO2Si/c1-7-8(6)4-2-3-5/h2-5H2,1H3. The van der Waals surface area contributed by atoms with E-state index in [1.165, 1.54) is 7.11 Å². The molecule has 4 heteroatoms. The van der Waals surface area contributed by atoms with E-state index in [1.807, 2.05) is 0 Å². The van der Waals surface area contributed by atoms with Gasteiger partial charge in [-0.1, -0.05) is 0 Å². The molecular formula is C4H11NO2Si. The Morgan fingerprint density at radius 2 is 2.38 bits per heavy atom. The maximum Gasteiger partial charge on any atom is 0.502 e. The molecule has 0 heterocycles. The van der Waals surface area contributed by atoms with Crippen LogP contribution < -0.4 is 5.73 Å². The van der Waals surface area contributed by atoms with Crippen LogP contribution in [0.1, 0.15) is 6.42 Å². The SMILES string of the molecule is CO[Si](=O)CCCN. The summed E-state index contributed by atoms with van der Waals surface area (Å²) < 4.78 is 15.0. The highest BCUT2D eigenvalue weighted by atomic mass is 28.3. The number of hydrogen-bond acceptors (Lipinski definition) is 3. The molecule has 0 radical (unpaired) electrons. The molecule has 48 valence electrons. The fraction of sp³-hybridized carbons (Fsp3) is 1.00. The Kier molecular flexibility index (Phi) is 4.79. The third-order valence-corrected chi connectivity index (χ3v) is 2.03. The van der Waals surface area contributed by atoms with Gasteiger partial charge < -0.3 is 14.6 Å². The lowest BCUT2D eigenvalue weighted by molar-refractivity contribution is 0.362. The van der Waals surface area contributed by atoms with Crippen molar-refractivity contribution in [2.24, 2.45) is 5.73 Å². The van der Waals surface area contributed by atoms with Crippen LogP contribution >= 0.6 is 0 Å². The predicted octanol–water partition coefficient (Wildman–Crippen LogP) is -0.0997. The van der Waals surface area contributed by atoms with Gasteiger partial charge in [0.1, 0.15) is 0 Å². The van der Waals surface area contributed by atoms with Crippen molar-refractivity contribution in [1.29, 1.82) is 0 Å². The Balaban J connectivity index is 2.99. The third kappa shape index (κ3) is 3.95. The van der Waals surface area contributed by atoms with Crippen molar-refractivity contribution in [3.05, 3.63) is 0 Å². The molecule has 0 aliphatic heterocycles. The zero-order valence-corrected chi connectivity index (χ0v) is 6.02. The largest absolute Gasteiger partial charge is 0.527 e. The zero-order valence-electron chi connectivity index (χ0n) is 5.02. The first-order valence-corrected chi connectivity index (χ1v) is 4.10. The van der Waals surface area contributed by atoms with Crippen LogP contribution in [-0.2, 0) is 8.89 Å². The van der Waals surface area contributed by atoms with Crippen LogP contribution in [0, 0.1) is 0 Å². The van der Waals surface area contributed by atoms with Gasteiger partial charge in [-0.25, -0.2) is 0 Å². The predicted molar refractivity (Wildman–Crippen MR) is 31.9 cm³/mol.